The molecule has 8 heteroatoms. The van der Waals surface area contributed by atoms with Gasteiger partial charge in [-0.15, -0.1) is 12.4 Å². The summed E-state index contributed by atoms with van der Waals surface area (Å²) in [6, 6.07) is 7.86. The lowest BCUT2D eigenvalue weighted by Gasteiger charge is -2.34. The van der Waals surface area contributed by atoms with Crippen LogP contribution in [-0.2, 0) is 11.3 Å². The molecular formula is C17H25Cl2N3O3. The standard InChI is InChI=1S/C17H24ClN3O3.ClH/c1-19-16(22)12-21(17(23)24)11-14-6-8-20(9-7-14)10-13-2-4-15(18)5-3-13;/h2-5,14H,6-12H2,1H3,(H,19,22)(H,23,24);1H. The molecule has 140 valence electrons. The molecule has 1 aliphatic rings. The molecule has 1 aliphatic heterocycles. The first-order chi connectivity index (χ1) is 11.5. The van der Waals surface area contributed by atoms with Gasteiger partial charge in [-0.2, -0.15) is 0 Å². The molecule has 0 saturated carbocycles. The Labute approximate surface area is 159 Å². The second kappa shape index (κ2) is 10.5. The number of carbonyl (C=O) groups excluding carboxylic acids is 1. The minimum absolute atomic E-state index is 0. The van der Waals surface area contributed by atoms with Crippen molar-refractivity contribution in [2.45, 2.75) is 19.4 Å². The van der Waals surface area contributed by atoms with E-state index in [4.69, 9.17) is 11.6 Å². The number of nitrogens with one attached hydrogen (secondary N) is 1. The highest BCUT2D eigenvalue weighted by Gasteiger charge is 2.24. The predicted molar refractivity (Wildman–Crippen MR) is 100 cm³/mol. The van der Waals surface area contributed by atoms with Gasteiger partial charge in [0, 0.05) is 25.2 Å². The molecule has 0 aliphatic carbocycles. The van der Waals surface area contributed by atoms with Gasteiger partial charge in [-0.1, -0.05) is 23.7 Å². The number of piperidine rings is 1. The number of carboxylic acid groups (broad SMARTS) is 1. The van der Waals surface area contributed by atoms with Crippen LogP contribution in [0.2, 0.25) is 5.02 Å². The maximum absolute atomic E-state index is 11.4. The van der Waals surface area contributed by atoms with Crippen LogP contribution < -0.4 is 5.32 Å². The molecule has 0 unspecified atom stereocenters. The SMILES string of the molecule is CNC(=O)CN(CC1CCN(Cc2ccc(Cl)cc2)CC1)C(=O)O.Cl. The van der Waals surface area contributed by atoms with Crippen LogP contribution >= 0.6 is 24.0 Å². The molecule has 0 radical (unpaired) electrons. The van der Waals surface area contributed by atoms with Gasteiger partial charge in [-0.25, -0.2) is 4.79 Å². The van der Waals surface area contributed by atoms with Crippen molar-refractivity contribution in [3.8, 4) is 0 Å². The van der Waals surface area contributed by atoms with Crippen LogP contribution in [0.1, 0.15) is 18.4 Å². The van der Waals surface area contributed by atoms with Crippen molar-refractivity contribution < 1.29 is 14.7 Å². The lowest BCUT2D eigenvalue weighted by atomic mass is 9.96. The van der Waals surface area contributed by atoms with Gasteiger partial charge in [0.05, 0.1) is 0 Å². The van der Waals surface area contributed by atoms with Gasteiger partial charge >= 0.3 is 6.09 Å². The Kier molecular flexibility index (Phi) is 9.03. The summed E-state index contributed by atoms with van der Waals surface area (Å²) >= 11 is 5.90. The summed E-state index contributed by atoms with van der Waals surface area (Å²) in [6.07, 6.45) is 0.832. The van der Waals surface area contributed by atoms with Crippen molar-refractivity contribution in [1.82, 2.24) is 15.1 Å². The van der Waals surface area contributed by atoms with Gasteiger partial charge in [0.2, 0.25) is 5.91 Å². The normalized spacial score (nSPS) is 15.3. The van der Waals surface area contributed by atoms with E-state index >= 15 is 0 Å². The molecule has 0 aromatic heterocycles. The lowest BCUT2D eigenvalue weighted by molar-refractivity contribution is -0.121. The van der Waals surface area contributed by atoms with Crippen LogP contribution in [0.15, 0.2) is 24.3 Å². The third-order valence-electron chi connectivity index (χ3n) is 4.39. The van der Waals surface area contributed by atoms with E-state index in [1.807, 2.05) is 24.3 Å². The molecule has 25 heavy (non-hydrogen) atoms. The summed E-state index contributed by atoms with van der Waals surface area (Å²) in [5.41, 5.74) is 1.23. The van der Waals surface area contributed by atoms with Crippen molar-refractivity contribution in [1.29, 1.82) is 0 Å². The van der Waals surface area contributed by atoms with E-state index in [2.05, 4.69) is 10.2 Å². The van der Waals surface area contributed by atoms with Crippen molar-refractivity contribution in [3.05, 3.63) is 34.9 Å². The van der Waals surface area contributed by atoms with Crippen LogP contribution in [0.4, 0.5) is 4.79 Å². The molecule has 1 saturated heterocycles. The maximum Gasteiger partial charge on any atom is 0.407 e. The topological polar surface area (TPSA) is 72.9 Å². The first kappa shape index (κ1) is 21.5. The van der Waals surface area contributed by atoms with Gasteiger partial charge in [-0.3, -0.25) is 14.6 Å². The number of nitrogens with zero attached hydrogens (tertiary/aromatic N) is 2. The number of hydrogen-bond donors (Lipinski definition) is 2. The Hall–Kier alpha value is -1.50. The van der Waals surface area contributed by atoms with E-state index in [1.54, 1.807) is 0 Å². The Morgan fingerprint density at radius 1 is 1.28 bits per heavy atom. The van der Waals surface area contributed by atoms with Gasteiger partial charge in [-0.05, 0) is 49.5 Å². The molecule has 0 atom stereocenters. The van der Waals surface area contributed by atoms with Crippen LogP contribution in [0.25, 0.3) is 0 Å². The molecule has 1 fully saturated rings. The summed E-state index contributed by atoms with van der Waals surface area (Å²) in [4.78, 5) is 26.3. The Balaban J connectivity index is 0.00000312. The van der Waals surface area contributed by atoms with Crippen LogP contribution in [0, 0.1) is 5.92 Å². The fourth-order valence-corrected chi connectivity index (χ4v) is 3.08. The first-order valence-corrected chi connectivity index (χ1v) is 8.51. The number of likely N-dealkylation sites (N-methyl/N-ethyl adjacent to an activating group) is 1. The highest BCUT2D eigenvalue weighted by Crippen LogP contribution is 2.21. The number of amides is 2. The van der Waals surface area contributed by atoms with E-state index in [0.717, 1.165) is 37.5 Å². The highest BCUT2D eigenvalue weighted by molar-refractivity contribution is 6.30. The molecule has 1 heterocycles. The fourth-order valence-electron chi connectivity index (χ4n) is 2.95. The molecule has 1 aromatic rings. The van der Waals surface area contributed by atoms with Crippen LogP contribution in [-0.4, -0.2) is 60.1 Å². The van der Waals surface area contributed by atoms with Gasteiger partial charge in [0.1, 0.15) is 6.54 Å². The smallest absolute Gasteiger partial charge is 0.407 e. The zero-order valence-electron chi connectivity index (χ0n) is 14.3. The van der Waals surface area contributed by atoms with Crippen molar-refractivity contribution in [2.24, 2.45) is 5.92 Å². The molecule has 0 spiro atoms. The van der Waals surface area contributed by atoms with Crippen LogP contribution in [0.3, 0.4) is 0 Å². The van der Waals surface area contributed by atoms with Crippen molar-refractivity contribution in [3.63, 3.8) is 0 Å². The summed E-state index contributed by atoms with van der Waals surface area (Å²) < 4.78 is 0. The Morgan fingerprint density at radius 3 is 2.40 bits per heavy atom. The lowest BCUT2D eigenvalue weighted by Crippen LogP contribution is -2.44. The zero-order valence-corrected chi connectivity index (χ0v) is 15.9. The van der Waals surface area contributed by atoms with E-state index in [-0.39, 0.29) is 24.9 Å². The Bertz CT molecular complexity index is 561. The average Bonchev–Trinajstić information content (AvgIpc) is 2.57. The molecule has 0 bridgehead atoms. The second-order valence-electron chi connectivity index (χ2n) is 6.18. The Morgan fingerprint density at radius 2 is 1.88 bits per heavy atom. The summed E-state index contributed by atoms with van der Waals surface area (Å²) in [5.74, 6) is 0.0183. The number of benzene rings is 1. The number of likely N-dealkylation sites (tertiary alicyclic amines) is 1. The van der Waals surface area contributed by atoms with E-state index in [0.29, 0.717) is 12.5 Å². The molecule has 2 N–H and O–H groups in total. The predicted octanol–water partition coefficient (Wildman–Crippen LogP) is 2.70. The number of halogens is 2. The monoisotopic (exact) mass is 389 g/mol. The van der Waals surface area contributed by atoms with Gasteiger partial charge in [0.15, 0.2) is 0 Å². The molecule has 1 aromatic carbocycles. The van der Waals surface area contributed by atoms with E-state index in [9.17, 15) is 14.7 Å². The molecule has 6 nitrogen and oxygen atoms in total. The van der Waals surface area contributed by atoms with Gasteiger partial charge in [0.25, 0.3) is 0 Å². The zero-order chi connectivity index (χ0) is 17.5. The highest BCUT2D eigenvalue weighted by atomic mass is 35.5. The molecule has 2 rings (SSSR count). The molecular weight excluding hydrogens is 365 g/mol. The second-order valence-corrected chi connectivity index (χ2v) is 6.62. The summed E-state index contributed by atoms with van der Waals surface area (Å²) in [5, 5.41) is 12.4. The molecule has 2 amide bonds. The van der Waals surface area contributed by atoms with Crippen LogP contribution in [0.5, 0.6) is 0 Å². The third-order valence-corrected chi connectivity index (χ3v) is 4.64. The average molecular weight is 390 g/mol. The fraction of sp³-hybridized carbons (Fsp3) is 0.529. The quantitative estimate of drug-likeness (QED) is 0.784. The minimum Gasteiger partial charge on any atom is -0.465 e. The maximum atomic E-state index is 11.4. The van der Waals surface area contributed by atoms with E-state index < -0.39 is 6.09 Å². The summed E-state index contributed by atoms with van der Waals surface area (Å²) in [6.45, 7) is 3.06. The van der Waals surface area contributed by atoms with E-state index in [1.165, 1.54) is 17.5 Å². The van der Waals surface area contributed by atoms with Crippen molar-refractivity contribution >= 4 is 36.0 Å². The third kappa shape index (κ3) is 7.10. The minimum atomic E-state index is -1.04. The number of hydrogen-bond acceptors (Lipinski definition) is 3. The number of carbonyl (C=O) groups is 2. The van der Waals surface area contributed by atoms with Gasteiger partial charge < -0.3 is 10.4 Å². The summed E-state index contributed by atoms with van der Waals surface area (Å²) in [7, 11) is 1.51. The largest absolute Gasteiger partial charge is 0.465 e. The van der Waals surface area contributed by atoms with Crippen molar-refractivity contribution in [2.75, 3.05) is 33.2 Å². The number of rotatable bonds is 6. The first-order valence-electron chi connectivity index (χ1n) is 8.13.